The lowest BCUT2D eigenvalue weighted by Gasteiger charge is -2.32. The average molecular weight is 1150 g/mol. The number of azide groups is 1. The van der Waals surface area contributed by atoms with Gasteiger partial charge in [-0.2, -0.15) is 11.8 Å². The van der Waals surface area contributed by atoms with Crippen molar-refractivity contribution in [1.82, 2.24) is 52.8 Å². The molecule has 452 valence electrons. The van der Waals surface area contributed by atoms with Gasteiger partial charge in [0.15, 0.2) is 0 Å². The van der Waals surface area contributed by atoms with Gasteiger partial charge in [0.1, 0.15) is 60.9 Å². The molecule has 1 heterocycles. The van der Waals surface area contributed by atoms with Crippen LogP contribution in [0.1, 0.15) is 121 Å². The van der Waals surface area contributed by atoms with Gasteiger partial charge in [-0.25, -0.2) is 0 Å². The Morgan fingerprint density at radius 1 is 0.650 bits per heavy atom. The number of nitrogens with one attached hydrogen (secondary N) is 9. The van der Waals surface area contributed by atoms with E-state index in [0.717, 1.165) is 0 Å². The van der Waals surface area contributed by atoms with Gasteiger partial charge >= 0.3 is 0 Å². The van der Waals surface area contributed by atoms with E-state index < -0.39 is 162 Å². The fourth-order valence-corrected chi connectivity index (χ4v) is 8.80. The largest absolute Gasteiger partial charge is 0.391 e. The van der Waals surface area contributed by atoms with E-state index in [-0.39, 0.29) is 51.2 Å². The maximum Gasteiger partial charge on any atom is 0.246 e. The van der Waals surface area contributed by atoms with Crippen molar-refractivity contribution < 1.29 is 62.6 Å². The van der Waals surface area contributed by atoms with Crippen LogP contribution in [0.5, 0.6) is 0 Å². The molecule has 30 heteroatoms. The zero-order chi connectivity index (χ0) is 61.1. The number of unbranched alkanes of at least 4 members (excludes halogenated alkanes) is 1. The number of likely N-dealkylation sites (tertiary alicyclic amines) is 1. The molecule has 1 saturated heterocycles. The Bertz CT molecular complexity index is 2210. The summed E-state index contributed by atoms with van der Waals surface area (Å²) >= 11 is 1.39. The number of hydrogen-bond donors (Lipinski definition) is 13. The van der Waals surface area contributed by atoms with Crippen LogP contribution in [0.3, 0.4) is 0 Å². The molecule has 0 aromatic heterocycles. The monoisotopic (exact) mass is 1150 g/mol. The van der Waals surface area contributed by atoms with Crippen LogP contribution in [0.25, 0.3) is 10.4 Å². The predicted molar refractivity (Wildman–Crippen MR) is 296 cm³/mol. The molecule has 0 aromatic carbocycles. The summed E-state index contributed by atoms with van der Waals surface area (Å²) in [6, 6.07) is -12.5. The number of carbonyl (C=O) groups excluding carboxylic acids is 12. The summed E-state index contributed by atoms with van der Waals surface area (Å²) in [5.41, 5.74) is 24.9. The van der Waals surface area contributed by atoms with Gasteiger partial charge in [0.05, 0.1) is 18.6 Å². The van der Waals surface area contributed by atoms with Crippen LogP contribution in [-0.4, -0.2) is 179 Å². The Morgan fingerprint density at radius 3 is 1.70 bits per heavy atom. The van der Waals surface area contributed by atoms with Gasteiger partial charge < -0.3 is 75.1 Å². The molecular weight excluding hydrogens is 1060 g/mol. The van der Waals surface area contributed by atoms with E-state index in [2.05, 4.69) is 57.9 Å². The van der Waals surface area contributed by atoms with E-state index in [1.165, 1.54) is 30.5 Å². The Balaban J connectivity index is 3.15. The lowest BCUT2D eigenvalue weighted by molar-refractivity contribution is -0.143. The molecule has 0 radical (unpaired) electrons. The molecule has 0 spiro atoms. The van der Waals surface area contributed by atoms with Crippen LogP contribution >= 0.6 is 11.8 Å². The highest BCUT2D eigenvalue weighted by Crippen LogP contribution is 2.22. The van der Waals surface area contributed by atoms with Gasteiger partial charge in [-0.05, 0) is 100 Å². The van der Waals surface area contributed by atoms with Crippen LogP contribution in [0.15, 0.2) is 5.11 Å². The number of aliphatic hydroxyl groups is 1. The smallest absolute Gasteiger partial charge is 0.246 e. The average Bonchev–Trinajstić information content (AvgIpc) is 3.87. The Hall–Kier alpha value is -6.78. The zero-order valence-electron chi connectivity index (χ0n) is 47.9. The summed E-state index contributed by atoms with van der Waals surface area (Å²) in [6.45, 7) is 16.0. The number of primary amides is 2. The molecule has 80 heavy (non-hydrogen) atoms. The van der Waals surface area contributed by atoms with Gasteiger partial charge in [-0.3, -0.25) is 57.5 Å². The first-order valence-electron chi connectivity index (χ1n) is 26.9. The van der Waals surface area contributed by atoms with Gasteiger partial charge in [-0.15, -0.1) is 0 Å². The Labute approximate surface area is 471 Å². The second-order valence-electron chi connectivity index (χ2n) is 21.3. The third-order valence-electron chi connectivity index (χ3n) is 12.9. The van der Waals surface area contributed by atoms with Gasteiger partial charge in [0, 0.05) is 18.0 Å². The van der Waals surface area contributed by atoms with Crippen molar-refractivity contribution in [3.63, 3.8) is 0 Å². The van der Waals surface area contributed by atoms with Crippen molar-refractivity contribution in [2.45, 2.75) is 187 Å². The summed E-state index contributed by atoms with van der Waals surface area (Å²) < 4.78 is 0. The van der Waals surface area contributed by atoms with Crippen LogP contribution < -0.4 is 65.1 Å². The molecule has 0 aromatic rings. The first-order chi connectivity index (χ1) is 37.4. The lowest BCUT2D eigenvalue weighted by Crippen LogP contribution is -2.62. The summed E-state index contributed by atoms with van der Waals surface area (Å²) in [5.74, 6) is -10.4. The van der Waals surface area contributed by atoms with E-state index in [1.54, 1.807) is 47.8 Å². The fraction of sp³-hybridized carbons (Fsp3) is 0.760. The van der Waals surface area contributed by atoms with E-state index in [0.29, 0.717) is 25.0 Å². The highest BCUT2D eigenvalue weighted by Gasteiger charge is 2.42. The van der Waals surface area contributed by atoms with Crippen LogP contribution in [0.2, 0.25) is 0 Å². The highest BCUT2D eigenvalue weighted by atomic mass is 32.2. The third kappa shape index (κ3) is 24.7. The summed E-state index contributed by atoms with van der Waals surface area (Å²) in [4.78, 5) is 162. The molecule has 0 aliphatic carbocycles. The third-order valence-corrected chi connectivity index (χ3v) is 13.5. The van der Waals surface area contributed by atoms with E-state index >= 15 is 0 Å². The summed E-state index contributed by atoms with van der Waals surface area (Å²) in [5, 5.41) is 37.0. The number of amides is 12. The number of hydrogen-bond acceptors (Lipinski definition) is 16. The second kappa shape index (κ2) is 35.8. The molecule has 0 unspecified atom stereocenters. The topological polar surface area (TPSA) is 463 Å². The molecule has 0 bridgehead atoms. The minimum Gasteiger partial charge on any atom is -0.391 e. The van der Waals surface area contributed by atoms with Crippen molar-refractivity contribution >= 4 is 82.6 Å². The van der Waals surface area contributed by atoms with Crippen molar-refractivity contribution in [2.24, 2.45) is 46.0 Å². The SMILES string of the molecule is CSCC[C@H](NC(=O)[C@@H]1CCCN1C(=O)[C@@H](NC(=O)[C@H](CC(C)C)NC(=O)[C@@H](N)CC(N)=O)C(C)C)C(=O)N[C@H](C(=O)N[C@@H](C)C(=O)N[C@H](C(=O)N[C@H](C(=O)N[C@@H](CCCCNC(=O)CN=[N+]=[N-])C(N)=O)C(C)C)[C@@H](C)O)C(C)C. The number of nitrogens with zero attached hydrogens (tertiary/aromatic N) is 4. The number of aliphatic hydroxyl groups excluding tert-OH is 1. The zero-order valence-corrected chi connectivity index (χ0v) is 48.7. The number of carbonyl (C=O) groups is 12. The molecule has 1 fully saturated rings. The number of nitrogens with two attached hydrogens (primary N) is 3. The summed E-state index contributed by atoms with van der Waals surface area (Å²) in [7, 11) is 0. The van der Waals surface area contributed by atoms with Gasteiger partial charge in [-0.1, -0.05) is 60.5 Å². The maximum atomic E-state index is 14.2. The normalized spacial score (nSPS) is 16.9. The van der Waals surface area contributed by atoms with Crippen molar-refractivity contribution in [3.8, 4) is 0 Å². The minimum absolute atomic E-state index is 0.0815. The fourth-order valence-electron chi connectivity index (χ4n) is 8.33. The predicted octanol–water partition coefficient (Wildman–Crippen LogP) is -2.69. The molecule has 1 aliphatic rings. The minimum atomic E-state index is -1.65. The van der Waals surface area contributed by atoms with Crippen molar-refractivity contribution in [3.05, 3.63) is 10.4 Å². The Morgan fingerprint density at radius 2 is 1.18 bits per heavy atom. The summed E-state index contributed by atoms with van der Waals surface area (Å²) in [6.07, 6.45) is 1.55. The maximum absolute atomic E-state index is 14.2. The molecule has 29 nitrogen and oxygen atoms in total. The molecule has 11 atom stereocenters. The van der Waals surface area contributed by atoms with E-state index in [1.807, 2.05) is 13.8 Å². The number of thioether (sulfide) groups is 1. The molecule has 0 saturated carbocycles. The molecule has 1 rings (SSSR count). The van der Waals surface area contributed by atoms with Crippen LogP contribution in [0, 0.1) is 23.7 Å². The molecular formula is C50H88N16O13S. The van der Waals surface area contributed by atoms with Gasteiger partial charge in [0.2, 0.25) is 70.9 Å². The molecule has 16 N–H and O–H groups in total. The second-order valence-corrected chi connectivity index (χ2v) is 22.3. The number of rotatable bonds is 36. The van der Waals surface area contributed by atoms with E-state index in [4.69, 9.17) is 22.7 Å². The molecule has 12 amide bonds. The Kier molecular flexibility index (Phi) is 31.8. The first kappa shape index (κ1) is 71.2. The lowest BCUT2D eigenvalue weighted by atomic mass is 9.99. The highest BCUT2D eigenvalue weighted by molar-refractivity contribution is 7.98. The standard InChI is InChI=1S/C50H88N16O13S/c1-24(2)21-33(60-43(72)30(51)22-35(52)68)45(74)63-39(27(7)8)50(79)66-19-14-16-34(66)46(75)59-32(17-20-80-11)44(73)61-37(25(3)4)47(76)57-28(9)42(71)64-40(29(10)67)49(78)62-38(26(5)6)48(77)58-31(41(53)70)15-12-13-18-55-36(69)23-56-65-54/h24-34,37-40,67H,12-23,51H2,1-11H3,(H2,52,68)(H2,53,70)(H,55,69)(H,57,76)(H,58,77)(H,59,75)(H,60,72)(H,61,73)(H,62,78)(H,63,74)(H,64,71)/t28-,29+,30-,31-,32-,33-,34-,37-,38-,39-,40-/m0/s1. The first-order valence-corrected chi connectivity index (χ1v) is 28.3. The van der Waals surface area contributed by atoms with Crippen LogP contribution in [0.4, 0.5) is 0 Å². The van der Waals surface area contributed by atoms with Crippen LogP contribution in [-0.2, 0) is 57.5 Å². The van der Waals surface area contributed by atoms with Crippen molar-refractivity contribution in [1.29, 1.82) is 0 Å². The quantitative estimate of drug-likeness (QED) is 0.0132. The van der Waals surface area contributed by atoms with Gasteiger partial charge in [0.25, 0.3) is 0 Å². The van der Waals surface area contributed by atoms with E-state index in [9.17, 15) is 62.6 Å². The molecule has 1 aliphatic heterocycles. The van der Waals surface area contributed by atoms with Crippen molar-refractivity contribution in [2.75, 3.05) is 31.6 Å².